The zero-order chi connectivity index (χ0) is 21.1. The third-order valence-electron chi connectivity index (χ3n) is 4.75. The normalized spacial score (nSPS) is 14.0. The second-order valence-electron chi connectivity index (χ2n) is 7.39. The Labute approximate surface area is 172 Å². The fraction of sp³-hybridized carbons (Fsp3) is 0.391. The van der Waals surface area contributed by atoms with Crippen molar-refractivity contribution >= 4 is 11.7 Å². The molecule has 29 heavy (non-hydrogen) atoms. The fourth-order valence-corrected chi connectivity index (χ4v) is 3.18. The van der Waals surface area contributed by atoms with Crippen molar-refractivity contribution in [1.82, 2.24) is 5.32 Å². The predicted molar refractivity (Wildman–Crippen MR) is 114 cm³/mol. The Bertz CT molecular complexity index is 752. The average molecular weight is 398 g/mol. The molecule has 0 spiro atoms. The van der Waals surface area contributed by atoms with E-state index >= 15 is 0 Å². The Morgan fingerprint density at radius 2 is 1.45 bits per heavy atom. The fourth-order valence-electron chi connectivity index (χ4n) is 3.18. The van der Waals surface area contributed by atoms with Gasteiger partial charge in [-0.3, -0.25) is 9.59 Å². The van der Waals surface area contributed by atoms with Crippen molar-refractivity contribution < 1.29 is 14.7 Å². The molecule has 0 radical (unpaired) electrons. The first-order chi connectivity index (χ1) is 14.0. The summed E-state index contributed by atoms with van der Waals surface area (Å²) in [6, 6.07) is 18.4. The Kier molecular flexibility index (Phi) is 9.50. The lowest BCUT2D eigenvalue weighted by molar-refractivity contribution is -0.130. The van der Waals surface area contributed by atoms with Crippen LogP contribution in [0.5, 0.6) is 0 Å². The van der Waals surface area contributed by atoms with Crippen LogP contribution < -0.4 is 16.8 Å². The molecule has 0 saturated heterocycles. The lowest BCUT2D eigenvalue weighted by Crippen LogP contribution is -2.47. The van der Waals surface area contributed by atoms with E-state index in [1.54, 1.807) is 0 Å². The highest BCUT2D eigenvalue weighted by Crippen LogP contribution is 2.07. The second kappa shape index (κ2) is 12.1. The summed E-state index contributed by atoms with van der Waals surface area (Å²) in [6.45, 7) is 0.313. The molecule has 6 N–H and O–H groups in total. The van der Waals surface area contributed by atoms with Crippen LogP contribution in [0.25, 0.3) is 0 Å². The molecule has 156 valence electrons. The number of carbonyl (C=O) groups excluding carboxylic acids is 2. The number of Topliss-reactive ketones (excluding diaryl/α,β-unsaturated/α-hetero) is 1. The number of aliphatic hydroxyl groups is 1. The molecule has 0 heterocycles. The van der Waals surface area contributed by atoms with E-state index in [1.807, 2.05) is 60.7 Å². The van der Waals surface area contributed by atoms with Crippen molar-refractivity contribution in [2.75, 3.05) is 6.54 Å². The Morgan fingerprint density at radius 3 is 2.03 bits per heavy atom. The Morgan fingerprint density at radius 1 is 0.897 bits per heavy atom. The van der Waals surface area contributed by atoms with E-state index in [4.69, 9.17) is 11.5 Å². The van der Waals surface area contributed by atoms with Crippen LogP contribution in [0.4, 0.5) is 0 Å². The van der Waals surface area contributed by atoms with E-state index in [1.165, 1.54) is 0 Å². The number of benzene rings is 2. The number of aliphatic hydroxyl groups excluding tert-OH is 1. The summed E-state index contributed by atoms with van der Waals surface area (Å²) in [5, 5.41) is 12.7. The quantitative estimate of drug-likeness (QED) is 0.403. The first-order valence-corrected chi connectivity index (χ1v) is 10.0. The molecule has 0 fully saturated rings. The average Bonchev–Trinajstić information content (AvgIpc) is 2.71. The van der Waals surface area contributed by atoms with Gasteiger partial charge in [-0.1, -0.05) is 60.7 Å². The van der Waals surface area contributed by atoms with Gasteiger partial charge in [-0.05, 0) is 30.4 Å². The van der Waals surface area contributed by atoms with Crippen molar-refractivity contribution in [2.45, 2.75) is 50.3 Å². The first-order valence-electron chi connectivity index (χ1n) is 10.0. The molecule has 0 aliphatic rings. The Hall–Kier alpha value is -2.54. The molecule has 1 amide bonds. The van der Waals surface area contributed by atoms with Crippen LogP contribution >= 0.6 is 0 Å². The minimum Gasteiger partial charge on any atom is -0.382 e. The number of rotatable bonds is 12. The van der Waals surface area contributed by atoms with Gasteiger partial charge in [0.1, 0.15) is 11.9 Å². The van der Waals surface area contributed by atoms with Crippen LogP contribution in [0.3, 0.4) is 0 Å². The molecular formula is C23H31N3O3. The van der Waals surface area contributed by atoms with Gasteiger partial charge >= 0.3 is 0 Å². The highest BCUT2D eigenvalue weighted by Gasteiger charge is 2.22. The molecule has 0 aliphatic carbocycles. The highest BCUT2D eigenvalue weighted by molar-refractivity contribution is 5.81. The molecule has 2 aromatic carbocycles. The maximum Gasteiger partial charge on any atom is 0.250 e. The Balaban J connectivity index is 1.62. The molecule has 3 atom stereocenters. The van der Waals surface area contributed by atoms with Gasteiger partial charge < -0.3 is 21.9 Å². The third-order valence-corrected chi connectivity index (χ3v) is 4.75. The smallest absolute Gasteiger partial charge is 0.250 e. The molecule has 3 unspecified atom stereocenters. The van der Waals surface area contributed by atoms with Gasteiger partial charge in [0.15, 0.2) is 0 Å². The monoisotopic (exact) mass is 397 g/mol. The van der Waals surface area contributed by atoms with Gasteiger partial charge in [-0.2, -0.15) is 0 Å². The zero-order valence-electron chi connectivity index (χ0n) is 16.7. The van der Waals surface area contributed by atoms with Crippen LogP contribution in [-0.4, -0.2) is 41.5 Å². The number of nitrogens with one attached hydrogen (secondary N) is 1. The van der Waals surface area contributed by atoms with Crippen molar-refractivity contribution in [3.05, 3.63) is 71.8 Å². The molecule has 0 aromatic heterocycles. The van der Waals surface area contributed by atoms with Crippen LogP contribution in [0.15, 0.2) is 60.7 Å². The van der Waals surface area contributed by atoms with Crippen molar-refractivity contribution in [3.8, 4) is 0 Å². The van der Waals surface area contributed by atoms with Gasteiger partial charge in [0, 0.05) is 31.5 Å². The predicted octanol–water partition coefficient (Wildman–Crippen LogP) is 1.34. The first kappa shape index (κ1) is 22.7. The van der Waals surface area contributed by atoms with Crippen LogP contribution in [-0.2, 0) is 22.4 Å². The number of hydrogen-bond acceptors (Lipinski definition) is 5. The van der Waals surface area contributed by atoms with E-state index in [-0.39, 0.29) is 11.8 Å². The van der Waals surface area contributed by atoms with E-state index in [0.29, 0.717) is 38.6 Å². The summed E-state index contributed by atoms with van der Waals surface area (Å²) in [7, 11) is 0. The number of hydrogen-bond donors (Lipinski definition) is 4. The minimum atomic E-state index is -1.29. The van der Waals surface area contributed by atoms with E-state index in [0.717, 1.165) is 11.1 Å². The SMILES string of the molecule is NC(CC(=O)CCCNC(=O)C(O)C(N)Cc1ccccc1)Cc1ccccc1. The molecule has 0 saturated carbocycles. The van der Waals surface area contributed by atoms with Crippen molar-refractivity contribution in [2.24, 2.45) is 11.5 Å². The molecule has 2 rings (SSSR count). The molecule has 2 aromatic rings. The van der Waals surface area contributed by atoms with Gasteiger partial charge in [-0.15, -0.1) is 0 Å². The van der Waals surface area contributed by atoms with Crippen LogP contribution in [0.2, 0.25) is 0 Å². The number of ketones is 1. The van der Waals surface area contributed by atoms with Gasteiger partial charge in [0.2, 0.25) is 5.91 Å². The molecule has 6 nitrogen and oxygen atoms in total. The molecule has 0 aliphatic heterocycles. The highest BCUT2D eigenvalue weighted by atomic mass is 16.3. The maximum atomic E-state index is 12.1. The number of nitrogens with two attached hydrogens (primary N) is 2. The summed E-state index contributed by atoms with van der Waals surface area (Å²) in [4.78, 5) is 24.1. The molecular weight excluding hydrogens is 366 g/mol. The summed E-state index contributed by atoms with van der Waals surface area (Å²) in [5.41, 5.74) is 14.1. The van der Waals surface area contributed by atoms with Crippen molar-refractivity contribution in [3.63, 3.8) is 0 Å². The largest absolute Gasteiger partial charge is 0.382 e. The second-order valence-corrected chi connectivity index (χ2v) is 7.39. The summed E-state index contributed by atoms with van der Waals surface area (Å²) in [6.07, 6.45) is 0.943. The van der Waals surface area contributed by atoms with Crippen molar-refractivity contribution in [1.29, 1.82) is 0 Å². The number of carbonyl (C=O) groups is 2. The summed E-state index contributed by atoms with van der Waals surface area (Å²) >= 11 is 0. The molecule has 6 heteroatoms. The lowest BCUT2D eigenvalue weighted by atomic mass is 10.00. The van der Waals surface area contributed by atoms with Crippen LogP contribution in [0.1, 0.15) is 30.4 Å². The third kappa shape index (κ3) is 8.56. The van der Waals surface area contributed by atoms with Crippen LogP contribution in [0, 0.1) is 0 Å². The zero-order valence-corrected chi connectivity index (χ0v) is 16.7. The standard InChI is InChI=1S/C23H31N3O3/c24-19(14-17-8-3-1-4-9-17)16-20(27)12-7-13-26-23(29)22(28)21(25)15-18-10-5-2-6-11-18/h1-6,8-11,19,21-22,28H,7,12-16,24-25H2,(H,26,29). The van der Waals surface area contributed by atoms with Gasteiger partial charge in [-0.25, -0.2) is 0 Å². The van der Waals surface area contributed by atoms with Gasteiger partial charge in [0.05, 0.1) is 0 Å². The van der Waals surface area contributed by atoms with E-state index < -0.39 is 18.1 Å². The minimum absolute atomic E-state index is 0.0732. The lowest BCUT2D eigenvalue weighted by Gasteiger charge is -2.18. The number of amides is 1. The summed E-state index contributed by atoms with van der Waals surface area (Å²) < 4.78 is 0. The van der Waals surface area contributed by atoms with E-state index in [2.05, 4.69) is 5.32 Å². The van der Waals surface area contributed by atoms with Gasteiger partial charge in [0.25, 0.3) is 0 Å². The topological polar surface area (TPSA) is 118 Å². The molecule has 0 bridgehead atoms. The summed E-state index contributed by atoms with van der Waals surface area (Å²) in [5.74, 6) is -0.439. The maximum absolute atomic E-state index is 12.1. The van der Waals surface area contributed by atoms with E-state index in [9.17, 15) is 14.7 Å².